The van der Waals surface area contributed by atoms with E-state index in [1.807, 2.05) is 0 Å². The van der Waals surface area contributed by atoms with Gasteiger partial charge in [-0.2, -0.15) is 0 Å². The third-order valence-corrected chi connectivity index (χ3v) is 22.1. The summed E-state index contributed by atoms with van der Waals surface area (Å²) in [7, 11) is -9.92. The summed E-state index contributed by atoms with van der Waals surface area (Å²) in [5.41, 5.74) is 0. The van der Waals surface area contributed by atoms with Crippen molar-refractivity contribution in [2.75, 3.05) is 39.6 Å². The minimum absolute atomic E-state index is 0.108. The van der Waals surface area contributed by atoms with Gasteiger partial charge in [0.2, 0.25) is 0 Å². The van der Waals surface area contributed by atoms with Gasteiger partial charge in [0.05, 0.1) is 26.4 Å². The second-order valence-electron chi connectivity index (χ2n) is 31.9. The highest BCUT2D eigenvalue weighted by Crippen LogP contribution is 2.45. The molecule has 0 aliphatic heterocycles. The summed E-state index contributed by atoms with van der Waals surface area (Å²) in [6.07, 6.45) is 69.6. The van der Waals surface area contributed by atoms with Crippen molar-refractivity contribution in [2.24, 2.45) is 11.8 Å². The van der Waals surface area contributed by atoms with Gasteiger partial charge in [-0.05, 0) is 37.5 Å². The number of carbonyl (C=O) groups is 4. The second-order valence-corrected chi connectivity index (χ2v) is 34.8. The minimum atomic E-state index is -4.96. The molecule has 0 saturated carbocycles. The number of phosphoric ester groups is 2. The molecular formula is C86H168O17P2. The lowest BCUT2D eigenvalue weighted by molar-refractivity contribution is -0.161. The number of esters is 4. The number of hydrogen-bond acceptors (Lipinski definition) is 15. The van der Waals surface area contributed by atoms with E-state index in [9.17, 15) is 43.2 Å². The molecule has 0 fully saturated rings. The Hall–Kier alpha value is -1.94. The molecule has 0 spiro atoms. The fourth-order valence-corrected chi connectivity index (χ4v) is 15.0. The fourth-order valence-electron chi connectivity index (χ4n) is 13.4. The van der Waals surface area contributed by atoms with Crippen LogP contribution < -0.4 is 0 Å². The van der Waals surface area contributed by atoms with Crippen molar-refractivity contribution in [1.82, 2.24) is 0 Å². The first-order chi connectivity index (χ1) is 50.9. The molecule has 0 rings (SSSR count). The summed E-state index contributed by atoms with van der Waals surface area (Å²) < 4.78 is 68.8. The molecule has 0 aliphatic rings. The average molecular weight is 1540 g/mol. The van der Waals surface area contributed by atoms with E-state index < -0.39 is 97.5 Å². The van der Waals surface area contributed by atoms with Crippen LogP contribution in [0.5, 0.6) is 0 Å². The molecule has 0 amide bonds. The van der Waals surface area contributed by atoms with Gasteiger partial charge in [0.15, 0.2) is 12.2 Å². The lowest BCUT2D eigenvalue weighted by Crippen LogP contribution is -2.30. The van der Waals surface area contributed by atoms with Crippen molar-refractivity contribution >= 4 is 39.5 Å². The van der Waals surface area contributed by atoms with Crippen LogP contribution in [0.3, 0.4) is 0 Å². The lowest BCUT2D eigenvalue weighted by Gasteiger charge is -2.21. The second kappa shape index (κ2) is 77.4. The van der Waals surface area contributed by atoms with E-state index in [-0.39, 0.29) is 25.7 Å². The van der Waals surface area contributed by atoms with Gasteiger partial charge >= 0.3 is 39.5 Å². The van der Waals surface area contributed by atoms with Crippen LogP contribution in [0.2, 0.25) is 0 Å². The molecule has 105 heavy (non-hydrogen) atoms. The number of phosphoric acid groups is 2. The van der Waals surface area contributed by atoms with Crippen molar-refractivity contribution in [3.05, 3.63) is 0 Å². The van der Waals surface area contributed by atoms with E-state index in [0.717, 1.165) is 108 Å². The van der Waals surface area contributed by atoms with E-state index in [0.29, 0.717) is 25.7 Å². The molecule has 0 radical (unpaired) electrons. The highest BCUT2D eigenvalue weighted by Gasteiger charge is 2.30. The number of aliphatic hydroxyl groups excluding tert-OH is 1. The molecule has 5 atom stereocenters. The molecular weight excluding hydrogens is 1370 g/mol. The number of hydrogen-bond donors (Lipinski definition) is 3. The maximum Gasteiger partial charge on any atom is 0.472 e. The summed E-state index contributed by atoms with van der Waals surface area (Å²) in [6.45, 7) is 9.69. The first-order valence-corrected chi connectivity index (χ1v) is 47.5. The van der Waals surface area contributed by atoms with Crippen LogP contribution in [0.4, 0.5) is 0 Å². The Bertz CT molecular complexity index is 2010. The van der Waals surface area contributed by atoms with Gasteiger partial charge < -0.3 is 33.8 Å². The first-order valence-electron chi connectivity index (χ1n) is 44.5. The molecule has 0 aromatic carbocycles. The Morgan fingerprint density at radius 1 is 0.257 bits per heavy atom. The fraction of sp³-hybridized carbons (Fsp3) is 0.953. The quantitative estimate of drug-likeness (QED) is 0.0222. The Balaban J connectivity index is 5.18. The zero-order chi connectivity index (χ0) is 77.1. The number of unbranched alkanes of at least 4 members (excludes halogenated alkanes) is 55. The van der Waals surface area contributed by atoms with E-state index in [4.69, 9.17) is 37.0 Å². The zero-order valence-electron chi connectivity index (χ0n) is 69.0. The van der Waals surface area contributed by atoms with E-state index in [1.165, 1.54) is 270 Å². The van der Waals surface area contributed by atoms with Crippen LogP contribution in [0, 0.1) is 11.8 Å². The molecule has 0 aromatic heterocycles. The van der Waals surface area contributed by atoms with Gasteiger partial charge in [-0.1, -0.05) is 408 Å². The van der Waals surface area contributed by atoms with Crippen molar-refractivity contribution in [3.8, 4) is 0 Å². The minimum Gasteiger partial charge on any atom is -0.462 e. The summed E-state index contributed by atoms with van der Waals surface area (Å²) in [5, 5.41) is 10.7. The molecule has 0 aliphatic carbocycles. The highest BCUT2D eigenvalue weighted by molar-refractivity contribution is 7.47. The van der Waals surface area contributed by atoms with E-state index in [2.05, 4.69) is 41.5 Å². The van der Waals surface area contributed by atoms with Crippen LogP contribution >= 0.6 is 15.6 Å². The van der Waals surface area contributed by atoms with Crippen LogP contribution in [-0.4, -0.2) is 96.7 Å². The van der Waals surface area contributed by atoms with Crippen LogP contribution in [0.1, 0.15) is 459 Å². The summed E-state index contributed by atoms with van der Waals surface area (Å²) in [6, 6.07) is 0. The lowest BCUT2D eigenvalue weighted by atomic mass is 10.0. The SMILES string of the molecule is CCCCCCCCCCCCCCCCCCCCCCCCC(=O)O[C@H](COC(=O)CCCCCCCCCCCCCCCCCC(C)C)COP(=O)(O)OC[C@@H](O)COP(=O)(O)OC[C@@H](COC(=O)CCCCCCCCCC)OC(=O)CCCCCCCCCCCCCCCCC(C)C. The molecule has 19 heteroatoms. The standard InChI is InChI=1S/C86H168O17P2/c1-7-9-11-13-15-17-18-19-20-21-22-23-24-25-26-29-36-41-46-52-58-64-70-86(91)103-82(75-97-84(89)69-63-57-51-45-40-35-30-27-28-33-38-43-48-54-60-66-78(3)4)77-101-105(94,95)99-73-80(87)72-98-104(92,93)100-76-81(74-96-83(88)68-62-56-50-16-14-12-10-8-2)102-85(90)71-65-59-53-47-42-37-32-31-34-39-44-49-55-61-67-79(5)6/h78-82,87H,7-77H2,1-6H3,(H,92,93)(H,94,95)/t80-,81+,82+/m0/s1. The third kappa shape index (κ3) is 79.9. The number of carbonyl (C=O) groups excluding carboxylic acids is 4. The largest absolute Gasteiger partial charge is 0.472 e. The maximum atomic E-state index is 13.1. The van der Waals surface area contributed by atoms with Gasteiger partial charge in [-0.25, -0.2) is 9.13 Å². The Labute approximate surface area is 645 Å². The van der Waals surface area contributed by atoms with Crippen molar-refractivity contribution < 1.29 is 80.2 Å². The monoisotopic (exact) mass is 1540 g/mol. The summed E-state index contributed by atoms with van der Waals surface area (Å²) in [4.78, 5) is 73.1. The molecule has 0 saturated heterocycles. The first kappa shape index (κ1) is 103. The molecule has 624 valence electrons. The highest BCUT2D eigenvalue weighted by atomic mass is 31.2. The van der Waals surface area contributed by atoms with Crippen molar-refractivity contribution in [3.63, 3.8) is 0 Å². The third-order valence-electron chi connectivity index (χ3n) is 20.2. The van der Waals surface area contributed by atoms with Gasteiger partial charge in [-0.3, -0.25) is 37.3 Å². The molecule has 0 bridgehead atoms. The number of ether oxygens (including phenoxy) is 4. The van der Waals surface area contributed by atoms with E-state index in [1.54, 1.807) is 0 Å². The van der Waals surface area contributed by atoms with Crippen LogP contribution in [0.25, 0.3) is 0 Å². The molecule has 2 unspecified atom stereocenters. The molecule has 3 N–H and O–H groups in total. The van der Waals surface area contributed by atoms with Gasteiger partial charge in [0.1, 0.15) is 19.3 Å². The zero-order valence-corrected chi connectivity index (χ0v) is 70.8. The molecule has 0 aromatic rings. The smallest absolute Gasteiger partial charge is 0.462 e. The summed E-state index contributed by atoms with van der Waals surface area (Å²) in [5.74, 6) is -0.504. The molecule has 0 heterocycles. The topological polar surface area (TPSA) is 237 Å². The summed E-state index contributed by atoms with van der Waals surface area (Å²) >= 11 is 0. The van der Waals surface area contributed by atoms with Crippen LogP contribution in [0.15, 0.2) is 0 Å². The van der Waals surface area contributed by atoms with Gasteiger partial charge in [0, 0.05) is 25.7 Å². The predicted octanol–water partition coefficient (Wildman–Crippen LogP) is 26.2. The van der Waals surface area contributed by atoms with Gasteiger partial charge in [-0.15, -0.1) is 0 Å². The molecule has 17 nitrogen and oxygen atoms in total. The normalized spacial score (nSPS) is 13.8. The van der Waals surface area contributed by atoms with Crippen LogP contribution in [-0.2, 0) is 65.4 Å². The Kier molecular flexibility index (Phi) is 76.0. The maximum absolute atomic E-state index is 13.1. The number of rotatable bonds is 85. The number of aliphatic hydroxyl groups is 1. The van der Waals surface area contributed by atoms with Crippen molar-refractivity contribution in [1.29, 1.82) is 0 Å². The van der Waals surface area contributed by atoms with Gasteiger partial charge in [0.25, 0.3) is 0 Å². The predicted molar refractivity (Wildman–Crippen MR) is 432 cm³/mol. The van der Waals surface area contributed by atoms with Crippen molar-refractivity contribution in [2.45, 2.75) is 477 Å². The average Bonchev–Trinajstić information content (AvgIpc) is 0.911. The van der Waals surface area contributed by atoms with E-state index >= 15 is 0 Å². The Morgan fingerprint density at radius 3 is 0.648 bits per heavy atom. The Morgan fingerprint density at radius 2 is 0.438 bits per heavy atom.